The van der Waals surface area contributed by atoms with Gasteiger partial charge in [-0.25, -0.2) is 4.39 Å². The van der Waals surface area contributed by atoms with E-state index >= 15 is 0 Å². The second kappa shape index (κ2) is 11.1. The second-order valence-corrected chi connectivity index (χ2v) is 8.39. The highest BCUT2D eigenvalue weighted by Crippen LogP contribution is 2.20. The lowest BCUT2D eigenvalue weighted by atomic mass is 10.0. The van der Waals surface area contributed by atoms with Gasteiger partial charge in [-0.3, -0.25) is 4.90 Å². The van der Waals surface area contributed by atoms with E-state index in [0.29, 0.717) is 26.1 Å². The Morgan fingerprint density at radius 2 is 1.88 bits per heavy atom. The van der Waals surface area contributed by atoms with Crippen molar-refractivity contribution >= 4 is 5.71 Å². The van der Waals surface area contributed by atoms with E-state index in [4.69, 9.17) is 9.57 Å². The summed E-state index contributed by atoms with van der Waals surface area (Å²) >= 11 is 0. The van der Waals surface area contributed by atoms with E-state index in [1.54, 1.807) is 6.07 Å². The molecule has 2 atom stereocenters. The highest BCUT2D eigenvalue weighted by atomic mass is 19.1. The Kier molecular flexibility index (Phi) is 7.70. The maximum atomic E-state index is 13.7. The van der Waals surface area contributed by atoms with Crippen LogP contribution in [0.4, 0.5) is 4.39 Å². The number of para-hydroxylation sites is 1. The molecule has 0 bridgehead atoms. The van der Waals surface area contributed by atoms with Crippen molar-refractivity contribution in [1.29, 1.82) is 0 Å². The van der Waals surface area contributed by atoms with E-state index in [9.17, 15) is 9.50 Å². The molecule has 2 unspecified atom stereocenters. The number of nitrogens with zero attached hydrogens (tertiary/aromatic N) is 2. The van der Waals surface area contributed by atoms with Gasteiger partial charge in [0.15, 0.2) is 0 Å². The van der Waals surface area contributed by atoms with Gasteiger partial charge >= 0.3 is 0 Å². The number of hydrogen-bond donors (Lipinski definition) is 1. The van der Waals surface area contributed by atoms with Crippen LogP contribution in [0.25, 0.3) is 0 Å². The number of aliphatic hydroxyl groups is 1. The van der Waals surface area contributed by atoms with Crippen LogP contribution in [0.2, 0.25) is 0 Å². The first-order valence-electron chi connectivity index (χ1n) is 11.2. The molecule has 1 aliphatic heterocycles. The molecule has 6 heteroatoms. The van der Waals surface area contributed by atoms with Crippen molar-refractivity contribution in [2.75, 3.05) is 19.7 Å². The number of ether oxygens (including phenoxy) is 1. The van der Waals surface area contributed by atoms with Crippen LogP contribution in [0.3, 0.4) is 0 Å². The van der Waals surface area contributed by atoms with Crippen molar-refractivity contribution in [3.05, 3.63) is 101 Å². The molecule has 1 aliphatic rings. The molecule has 0 radical (unpaired) electrons. The lowest BCUT2D eigenvalue weighted by Crippen LogP contribution is -2.39. The first-order chi connectivity index (χ1) is 16.1. The molecule has 33 heavy (non-hydrogen) atoms. The predicted molar refractivity (Wildman–Crippen MR) is 127 cm³/mol. The summed E-state index contributed by atoms with van der Waals surface area (Å²) in [5.74, 6) is 0.482. The summed E-state index contributed by atoms with van der Waals surface area (Å²) in [6.45, 7) is 3.54. The summed E-state index contributed by atoms with van der Waals surface area (Å²) in [6.07, 6.45) is -0.174. The maximum absolute atomic E-state index is 13.7. The summed E-state index contributed by atoms with van der Waals surface area (Å²) in [5.41, 5.74) is 3.81. The maximum Gasteiger partial charge on any atom is 0.145 e. The van der Waals surface area contributed by atoms with E-state index in [1.165, 1.54) is 12.1 Å². The summed E-state index contributed by atoms with van der Waals surface area (Å²) in [4.78, 5) is 7.76. The van der Waals surface area contributed by atoms with E-state index < -0.39 is 6.10 Å². The number of rotatable bonds is 10. The molecule has 0 saturated carbocycles. The molecule has 1 N–H and O–H groups in total. The Balaban J connectivity index is 1.38. The minimum Gasteiger partial charge on any atom is -0.491 e. The van der Waals surface area contributed by atoms with Gasteiger partial charge in [0, 0.05) is 26.1 Å². The zero-order chi connectivity index (χ0) is 23.0. The van der Waals surface area contributed by atoms with Crippen molar-refractivity contribution in [3.8, 4) is 5.75 Å². The van der Waals surface area contributed by atoms with E-state index in [2.05, 4.69) is 10.1 Å². The van der Waals surface area contributed by atoms with Crippen LogP contribution in [-0.2, 0) is 11.4 Å². The zero-order valence-electron chi connectivity index (χ0n) is 18.7. The number of benzene rings is 3. The van der Waals surface area contributed by atoms with Gasteiger partial charge < -0.3 is 14.7 Å². The molecule has 0 spiro atoms. The van der Waals surface area contributed by atoms with Crippen LogP contribution < -0.4 is 4.74 Å². The molecule has 0 amide bonds. The van der Waals surface area contributed by atoms with Crippen molar-refractivity contribution < 1.29 is 19.1 Å². The van der Waals surface area contributed by atoms with Gasteiger partial charge in [-0.1, -0.05) is 65.8 Å². The standard InChI is InChI=1S/C27H29FN2O3/c1-20-8-5-6-13-27(20)32-19-24(31)17-30(16-21-9-7-12-23(28)14-21)18-25-15-26(29-33-25)22-10-3-2-4-11-22/h2-14,24-25,31H,15-19H2,1H3. The van der Waals surface area contributed by atoms with Gasteiger partial charge in [-0.2, -0.15) is 0 Å². The van der Waals surface area contributed by atoms with E-state index in [1.807, 2.05) is 67.6 Å². The third kappa shape index (κ3) is 6.63. The summed E-state index contributed by atoms with van der Waals surface area (Å²) in [6, 6.07) is 24.2. The molecule has 4 rings (SSSR count). The monoisotopic (exact) mass is 448 g/mol. The number of aryl methyl sites for hydroxylation is 1. The van der Waals surface area contributed by atoms with Gasteiger partial charge in [0.05, 0.1) is 5.71 Å². The third-order valence-corrected chi connectivity index (χ3v) is 5.59. The van der Waals surface area contributed by atoms with Crippen molar-refractivity contribution in [1.82, 2.24) is 4.90 Å². The second-order valence-electron chi connectivity index (χ2n) is 8.39. The molecule has 3 aromatic rings. The van der Waals surface area contributed by atoms with Crippen LogP contribution in [0.5, 0.6) is 5.75 Å². The van der Waals surface area contributed by atoms with Crippen LogP contribution in [-0.4, -0.2) is 47.6 Å². The smallest absolute Gasteiger partial charge is 0.145 e. The Labute approximate surface area is 194 Å². The van der Waals surface area contributed by atoms with Gasteiger partial charge in [0.25, 0.3) is 0 Å². The predicted octanol–water partition coefficient (Wildman–Crippen LogP) is 4.57. The highest BCUT2D eigenvalue weighted by molar-refractivity contribution is 6.01. The van der Waals surface area contributed by atoms with Crippen LogP contribution in [0.15, 0.2) is 84.0 Å². The fraction of sp³-hybridized carbons (Fsp3) is 0.296. The fourth-order valence-corrected chi connectivity index (χ4v) is 3.97. The Hall–Kier alpha value is -3.22. The average molecular weight is 449 g/mol. The zero-order valence-corrected chi connectivity index (χ0v) is 18.7. The van der Waals surface area contributed by atoms with Gasteiger partial charge in [-0.05, 0) is 41.8 Å². The van der Waals surface area contributed by atoms with Gasteiger partial charge in [0.2, 0.25) is 0 Å². The Morgan fingerprint density at radius 3 is 2.67 bits per heavy atom. The largest absolute Gasteiger partial charge is 0.491 e. The molecule has 3 aromatic carbocycles. The molecule has 5 nitrogen and oxygen atoms in total. The van der Waals surface area contributed by atoms with Crippen LogP contribution in [0.1, 0.15) is 23.1 Å². The highest BCUT2D eigenvalue weighted by Gasteiger charge is 2.26. The number of aliphatic hydroxyl groups excluding tert-OH is 1. The molecule has 1 heterocycles. The average Bonchev–Trinajstić information content (AvgIpc) is 3.27. The minimum atomic E-state index is -0.714. The molecule has 0 aromatic heterocycles. The molecular weight excluding hydrogens is 419 g/mol. The SMILES string of the molecule is Cc1ccccc1OCC(O)CN(Cc1cccc(F)c1)CC1CC(c2ccccc2)=NO1. The first kappa shape index (κ1) is 23.0. The van der Waals surface area contributed by atoms with Gasteiger partial charge in [-0.15, -0.1) is 0 Å². The number of oxime groups is 1. The van der Waals surface area contributed by atoms with Crippen molar-refractivity contribution in [2.45, 2.75) is 32.1 Å². The molecule has 0 saturated heterocycles. The third-order valence-electron chi connectivity index (χ3n) is 5.59. The number of halogens is 1. The quantitative estimate of drug-likeness (QED) is 0.494. The van der Waals surface area contributed by atoms with Crippen LogP contribution in [0, 0.1) is 12.7 Å². The molecule has 0 fully saturated rings. The topological polar surface area (TPSA) is 54.3 Å². The molecular formula is C27H29FN2O3. The van der Waals surface area contributed by atoms with E-state index in [0.717, 1.165) is 28.2 Å². The molecule has 172 valence electrons. The summed E-state index contributed by atoms with van der Waals surface area (Å²) in [5, 5.41) is 15.0. The summed E-state index contributed by atoms with van der Waals surface area (Å²) in [7, 11) is 0. The Morgan fingerprint density at radius 1 is 1.09 bits per heavy atom. The first-order valence-corrected chi connectivity index (χ1v) is 11.2. The summed E-state index contributed by atoms with van der Waals surface area (Å²) < 4.78 is 19.6. The minimum absolute atomic E-state index is 0.141. The normalized spacial score (nSPS) is 16.4. The lowest BCUT2D eigenvalue weighted by molar-refractivity contribution is 0.0212. The lowest BCUT2D eigenvalue weighted by Gasteiger charge is -2.27. The van der Waals surface area contributed by atoms with Crippen LogP contribution >= 0.6 is 0 Å². The molecule has 0 aliphatic carbocycles. The van der Waals surface area contributed by atoms with Crippen molar-refractivity contribution in [3.63, 3.8) is 0 Å². The van der Waals surface area contributed by atoms with E-state index in [-0.39, 0.29) is 18.5 Å². The van der Waals surface area contributed by atoms with Gasteiger partial charge in [0.1, 0.15) is 30.4 Å². The number of hydrogen-bond acceptors (Lipinski definition) is 5. The van der Waals surface area contributed by atoms with Crippen molar-refractivity contribution in [2.24, 2.45) is 5.16 Å². The fourth-order valence-electron chi connectivity index (χ4n) is 3.97. The Bertz CT molecular complexity index is 1070.